The maximum Gasteiger partial charge on any atom is 0.0806 e. The highest BCUT2D eigenvalue weighted by molar-refractivity contribution is 7.10. The van der Waals surface area contributed by atoms with Crippen LogP contribution in [0.15, 0.2) is 16.6 Å². The summed E-state index contributed by atoms with van der Waals surface area (Å²) >= 11 is 1.63. The molecule has 0 aliphatic carbocycles. The van der Waals surface area contributed by atoms with Crippen molar-refractivity contribution in [2.24, 2.45) is 5.11 Å². The topological polar surface area (TPSA) is 58.0 Å². The quantitative estimate of drug-likeness (QED) is 0.253. The van der Waals surface area contributed by atoms with E-state index in [1.165, 1.54) is 0 Å². The number of azide groups is 1. The second kappa shape index (κ2) is 6.91. The second-order valence-electron chi connectivity index (χ2n) is 2.74. The van der Waals surface area contributed by atoms with Crippen LogP contribution >= 0.6 is 11.3 Å². The minimum Gasteiger partial charge on any atom is -0.379 e. The molecule has 0 aromatic carbocycles. The van der Waals surface area contributed by atoms with Gasteiger partial charge in [-0.3, -0.25) is 0 Å². The maximum atomic E-state index is 8.04. The van der Waals surface area contributed by atoms with Crippen LogP contribution < -0.4 is 0 Å². The Labute approximate surface area is 92.5 Å². The van der Waals surface area contributed by atoms with E-state index in [0.717, 1.165) is 10.4 Å². The molecule has 0 spiro atoms. The van der Waals surface area contributed by atoms with Gasteiger partial charge in [0.1, 0.15) is 0 Å². The number of thiophene rings is 1. The first kappa shape index (κ1) is 11.6. The van der Waals surface area contributed by atoms with E-state index in [1.54, 1.807) is 18.4 Å². The molecule has 0 atom stereocenters. The summed E-state index contributed by atoms with van der Waals surface area (Å²) in [7, 11) is 1.67. The van der Waals surface area contributed by atoms with Gasteiger partial charge in [-0.25, -0.2) is 0 Å². The molecule has 1 aromatic rings. The highest BCUT2D eigenvalue weighted by atomic mass is 32.1. The molecule has 15 heavy (non-hydrogen) atoms. The van der Waals surface area contributed by atoms with Gasteiger partial charge in [0.15, 0.2) is 0 Å². The molecule has 0 amide bonds. The van der Waals surface area contributed by atoms with Gasteiger partial charge in [-0.2, -0.15) is 0 Å². The third kappa shape index (κ3) is 4.52. The zero-order chi connectivity index (χ0) is 10.9. The number of nitrogens with zero attached hydrogens (tertiary/aromatic N) is 3. The Hall–Kier alpha value is -1.47. The molecule has 4 nitrogen and oxygen atoms in total. The molecule has 5 heteroatoms. The van der Waals surface area contributed by atoms with E-state index in [9.17, 15) is 0 Å². The SMILES string of the molecule is COCc1cc(C#CCCN=[N+]=[N-])cs1. The molecule has 0 N–H and O–H groups in total. The number of methoxy groups -OCH3 is 1. The normalized spacial score (nSPS) is 8.87. The summed E-state index contributed by atoms with van der Waals surface area (Å²) < 4.78 is 5.01. The van der Waals surface area contributed by atoms with Gasteiger partial charge < -0.3 is 4.74 Å². The fraction of sp³-hybridized carbons (Fsp3) is 0.400. The molecule has 0 bridgehead atoms. The maximum absolute atomic E-state index is 8.04. The predicted molar refractivity (Wildman–Crippen MR) is 60.5 cm³/mol. The van der Waals surface area contributed by atoms with Crippen molar-refractivity contribution in [3.8, 4) is 11.8 Å². The van der Waals surface area contributed by atoms with Gasteiger partial charge in [0.05, 0.1) is 6.61 Å². The summed E-state index contributed by atoms with van der Waals surface area (Å²) in [6.45, 7) is 1.06. The van der Waals surface area contributed by atoms with Gasteiger partial charge in [-0.1, -0.05) is 17.0 Å². The van der Waals surface area contributed by atoms with Crippen LogP contribution in [0.1, 0.15) is 16.9 Å². The zero-order valence-corrected chi connectivity index (χ0v) is 9.25. The Balaban J connectivity index is 2.45. The summed E-state index contributed by atoms with van der Waals surface area (Å²) in [5.41, 5.74) is 9.04. The molecule has 0 saturated carbocycles. The average molecular weight is 221 g/mol. The molecule has 78 valence electrons. The fourth-order valence-corrected chi connectivity index (χ4v) is 1.77. The molecule has 0 saturated heterocycles. The third-order valence-electron chi connectivity index (χ3n) is 1.57. The van der Waals surface area contributed by atoms with E-state index in [0.29, 0.717) is 19.6 Å². The predicted octanol–water partition coefficient (Wildman–Crippen LogP) is 2.95. The molecule has 0 radical (unpaired) electrons. The molecular weight excluding hydrogens is 210 g/mol. The Bertz CT molecular complexity index is 410. The van der Waals surface area contributed by atoms with Crippen molar-refractivity contribution in [1.82, 2.24) is 0 Å². The van der Waals surface area contributed by atoms with Crippen LogP contribution in [-0.4, -0.2) is 13.7 Å². The van der Waals surface area contributed by atoms with Crippen LogP contribution in [0.25, 0.3) is 10.4 Å². The second-order valence-corrected chi connectivity index (χ2v) is 3.74. The van der Waals surface area contributed by atoms with E-state index in [4.69, 9.17) is 10.3 Å². The van der Waals surface area contributed by atoms with Crippen LogP contribution in [0.2, 0.25) is 0 Å². The van der Waals surface area contributed by atoms with Gasteiger partial charge in [0.25, 0.3) is 0 Å². The monoisotopic (exact) mass is 221 g/mol. The van der Waals surface area contributed by atoms with Crippen LogP contribution in [0, 0.1) is 11.8 Å². The first-order valence-electron chi connectivity index (χ1n) is 4.43. The van der Waals surface area contributed by atoms with E-state index in [1.807, 2.05) is 11.4 Å². The highest BCUT2D eigenvalue weighted by Crippen LogP contribution is 2.14. The molecule has 1 rings (SSSR count). The molecule has 0 aliphatic rings. The summed E-state index contributed by atoms with van der Waals surface area (Å²) in [6, 6.07) is 2.01. The van der Waals surface area contributed by atoms with Crippen LogP contribution in [0.4, 0.5) is 0 Å². The number of rotatable bonds is 4. The minimum atomic E-state index is 0.429. The van der Waals surface area contributed by atoms with Crippen molar-refractivity contribution in [2.75, 3.05) is 13.7 Å². The largest absolute Gasteiger partial charge is 0.379 e. The lowest BCUT2D eigenvalue weighted by Gasteiger charge is -1.89. The first-order chi connectivity index (χ1) is 7.36. The molecule has 0 aliphatic heterocycles. The standard InChI is InChI=1S/C10H11N3OS/c1-14-7-10-6-9(8-15-10)4-2-3-5-12-13-11/h6,8H,3,5,7H2,1H3. The lowest BCUT2D eigenvalue weighted by Crippen LogP contribution is -1.80. The molecule has 0 fully saturated rings. The van der Waals surface area contributed by atoms with Crippen molar-refractivity contribution in [3.63, 3.8) is 0 Å². The van der Waals surface area contributed by atoms with E-state index >= 15 is 0 Å². The molecule has 0 unspecified atom stereocenters. The van der Waals surface area contributed by atoms with Crippen molar-refractivity contribution in [1.29, 1.82) is 0 Å². The lowest BCUT2D eigenvalue weighted by atomic mass is 10.3. The average Bonchev–Trinajstić information content (AvgIpc) is 2.66. The summed E-state index contributed by atoms with van der Waals surface area (Å²) in [6.07, 6.45) is 0.597. The minimum absolute atomic E-state index is 0.429. The Kier molecular flexibility index (Phi) is 5.34. The summed E-state index contributed by atoms with van der Waals surface area (Å²) in [5, 5.41) is 5.39. The number of hydrogen-bond acceptors (Lipinski definition) is 3. The number of hydrogen-bond donors (Lipinski definition) is 0. The highest BCUT2D eigenvalue weighted by Gasteiger charge is 1.95. The van der Waals surface area contributed by atoms with Gasteiger partial charge in [-0.15, -0.1) is 11.3 Å². The molecule has 1 aromatic heterocycles. The zero-order valence-electron chi connectivity index (χ0n) is 8.43. The van der Waals surface area contributed by atoms with E-state index in [2.05, 4.69) is 21.9 Å². The number of ether oxygens (including phenoxy) is 1. The van der Waals surface area contributed by atoms with Crippen LogP contribution in [0.5, 0.6) is 0 Å². The van der Waals surface area contributed by atoms with Crippen LogP contribution in [-0.2, 0) is 11.3 Å². The first-order valence-corrected chi connectivity index (χ1v) is 5.31. The van der Waals surface area contributed by atoms with Gasteiger partial charge >= 0.3 is 0 Å². The Morgan fingerprint density at radius 3 is 3.27 bits per heavy atom. The lowest BCUT2D eigenvalue weighted by molar-refractivity contribution is 0.187. The van der Waals surface area contributed by atoms with Gasteiger partial charge in [-0.05, 0) is 11.6 Å². The smallest absolute Gasteiger partial charge is 0.0806 e. The Morgan fingerprint density at radius 1 is 1.67 bits per heavy atom. The molecular formula is C10H11N3OS. The van der Waals surface area contributed by atoms with E-state index in [-0.39, 0.29) is 0 Å². The summed E-state index contributed by atoms with van der Waals surface area (Å²) in [5.74, 6) is 5.95. The van der Waals surface area contributed by atoms with Gasteiger partial charge in [0, 0.05) is 40.8 Å². The van der Waals surface area contributed by atoms with Crippen molar-refractivity contribution in [3.05, 3.63) is 32.3 Å². The summed E-state index contributed by atoms with van der Waals surface area (Å²) in [4.78, 5) is 3.82. The van der Waals surface area contributed by atoms with Crippen molar-refractivity contribution >= 4 is 11.3 Å². The van der Waals surface area contributed by atoms with Gasteiger partial charge in [0.2, 0.25) is 0 Å². The molecule has 1 heterocycles. The van der Waals surface area contributed by atoms with Crippen molar-refractivity contribution < 1.29 is 4.74 Å². The van der Waals surface area contributed by atoms with Crippen LogP contribution in [0.3, 0.4) is 0 Å². The van der Waals surface area contributed by atoms with Crippen molar-refractivity contribution in [2.45, 2.75) is 13.0 Å². The fourth-order valence-electron chi connectivity index (χ4n) is 0.979. The Morgan fingerprint density at radius 2 is 2.53 bits per heavy atom. The van der Waals surface area contributed by atoms with E-state index < -0.39 is 0 Å². The third-order valence-corrected chi connectivity index (χ3v) is 2.48.